The van der Waals surface area contributed by atoms with Crippen LogP contribution in [0.2, 0.25) is 0 Å². The maximum Gasteiger partial charge on any atom is 0.258 e. The first kappa shape index (κ1) is 20.1. The van der Waals surface area contributed by atoms with E-state index in [4.69, 9.17) is 4.74 Å². The summed E-state index contributed by atoms with van der Waals surface area (Å²) in [4.78, 5) is 28.3. The predicted octanol–water partition coefficient (Wildman–Crippen LogP) is 3.66. The predicted molar refractivity (Wildman–Crippen MR) is 121 cm³/mol. The summed E-state index contributed by atoms with van der Waals surface area (Å²) in [7, 11) is 1.60. The van der Waals surface area contributed by atoms with Crippen LogP contribution >= 0.6 is 0 Å². The fourth-order valence-corrected chi connectivity index (χ4v) is 5.00. The Bertz CT molecular complexity index is 1290. The molecule has 160 valence electrons. The molecule has 2 atom stereocenters. The number of hydrogen-bond donors (Lipinski definition) is 0. The van der Waals surface area contributed by atoms with E-state index >= 15 is 0 Å². The van der Waals surface area contributed by atoms with Crippen LogP contribution in [0.5, 0.6) is 5.75 Å². The summed E-state index contributed by atoms with van der Waals surface area (Å²) in [5.74, 6) is 1.11. The molecule has 0 aliphatic carbocycles. The summed E-state index contributed by atoms with van der Waals surface area (Å²) in [5, 5.41) is 9.19. The maximum atomic E-state index is 13.3. The molecular weight excluding hydrogens is 402 g/mol. The van der Waals surface area contributed by atoms with Crippen molar-refractivity contribution in [1.29, 1.82) is 5.26 Å². The minimum Gasteiger partial charge on any atom is -0.497 e. The molecule has 2 unspecified atom stereocenters. The van der Waals surface area contributed by atoms with Crippen LogP contribution in [-0.4, -0.2) is 35.6 Å². The van der Waals surface area contributed by atoms with Gasteiger partial charge in [-0.2, -0.15) is 5.26 Å². The minimum atomic E-state index is -0.0257. The number of likely N-dealkylation sites (tertiary alicyclic amines) is 1. The fraction of sp³-hybridized carbons (Fsp3) is 0.269. The quantitative estimate of drug-likeness (QED) is 0.642. The van der Waals surface area contributed by atoms with Crippen molar-refractivity contribution in [3.05, 3.63) is 87.8 Å². The molecule has 2 aliphatic rings. The van der Waals surface area contributed by atoms with Gasteiger partial charge >= 0.3 is 0 Å². The van der Waals surface area contributed by atoms with E-state index in [1.807, 2.05) is 27.7 Å². The van der Waals surface area contributed by atoms with Gasteiger partial charge in [-0.25, -0.2) is 0 Å². The normalized spacial score (nSPS) is 19.1. The molecule has 0 spiro atoms. The van der Waals surface area contributed by atoms with Crippen LogP contribution in [0.1, 0.15) is 34.0 Å². The van der Waals surface area contributed by atoms with Gasteiger partial charge in [-0.15, -0.1) is 0 Å². The average Bonchev–Trinajstić information content (AvgIpc) is 2.84. The average molecular weight is 425 g/mol. The molecule has 3 heterocycles. The third-order valence-electron chi connectivity index (χ3n) is 6.53. The van der Waals surface area contributed by atoms with E-state index in [0.717, 1.165) is 23.4 Å². The fourth-order valence-electron chi connectivity index (χ4n) is 5.00. The molecule has 32 heavy (non-hydrogen) atoms. The number of piperidine rings is 1. The smallest absolute Gasteiger partial charge is 0.258 e. The lowest BCUT2D eigenvalue weighted by Gasteiger charge is -2.43. The molecule has 3 aromatic rings. The van der Waals surface area contributed by atoms with Gasteiger partial charge < -0.3 is 14.2 Å². The van der Waals surface area contributed by atoms with E-state index in [1.165, 1.54) is 0 Å². The summed E-state index contributed by atoms with van der Waals surface area (Å²) < 4.78 is 7.06. The number of methoxy groups -OCH3 is 1. The largest absolute Gasteiger partial charge is 0.497 e. The van der Waals surface area contributed by atoms with Crippen molar-refractivity contribution in [3.63, 3.8) is 0 Å². The Morgan fingerprint density at radius 2 is 1.88 bits per heavy atom. The number of carbonyl (C=O) groups excluding carboxylic acids is 1. The van der Waals surface area contributed by atoms with Crippen molar-refractivity contribution in [3.8, 4) is 22.9 Å². The van der Waals surface area contributed by atoms with Crippen molar-refractivity contribution in [2.24, 2.45) is 5.92 Å². The number of fused-ring (bicyclic) bond motifs is 4. The van der Waals surface area contributed by atoms with Crippen LogP contribution in [0.15, 0.2) is 65.5 Å². The summed E-state index contributed by atoms with van der Waals surface area (Å²) in [5.41, 5.74) is 3.51. The van der Waals surface area contributed by atoms with Crippen LogP contribution < -0.4 is 10.3 Å². The molecule has 1 fully saturated rings. The lowest BCUT2D eigenvalue weighted by atomic mass is 9.82. The Hall–Kier alpha value is -3.85. The number of nitriles is 1. The summed E-state index contributed by atoms with van der Waals surface area (Å²) in [6.07, 6.45) is 0.981. The first-order valence-electron chi connectivity index (χ1n) is 10.7. The molecule has 2 bridgehead atoms. The Kier molecular flexibility index (Phi) is 5.02. The molecule has 2 aliphatic heterocycles. The highest BCUT2D eigenvalue weighted by molar-refractivity contribution is 5.94. The standard InChI is InChI=1S/C26H23N3O3/c1-32-22-7-5-19(6-8-22)25(30)28-14-18-12-21(16-28)24-10-9-23(26(31)29(24)15-18)20-4-2-3-17(11-20)13-27/h2-11,18,21H,12,14-16H2,1H3. The Balaban J connectivity index is 1.43. The number of pyridine rings is 1. The zero-order valence-electron chi connectivity index (χ0n) is 17.8. The third-order valence-corrected chi connectivity index (χ3v) is 6.53. The van der Waals surface area contributed by atoms with Gasteiger partial charge in [-0.3, -0.25) is 9.59 Å². The summed E-state index contributed by atoms with van der Waals surface area (Å²) in [6.45, 7) is 1.84. The van der Waals surface area contributed by atoms with E-state index in [-0.39, 0.29) is 23.3 Å². The number of benzene rings is 2. The Morgan fingerprint density at radius 3 is 2.62 bits per heavy atom. The molecule has 1 amide bonds. The number of hydrogen-bond acceptors (Lipinski definition) is 4. The Morgan fingerprint density at radius 1 is 1.06 bits per heavy atom. The maximum absolute atomic E-state index is 13.3. The van der Waals surface area contributed by atoms with Crippen molar-refractivity contribution in [2.45, 2.75) is 18.9 Å². The zero-order chi connectivity index (χ0) is 22.2. The first-order chi connectivity index (χ1) is 15.6. The van der Waals surface area contributed by atoms with Gasteiger partial charge in [-0.1, -0.05) is 12.1 Å². The minimum absolute atomic E-state index is 0.0167. The van der Waals surface area contributed by atoms with E-state index < -0.39 is 0 Å². The molecule has 5 rings (SSSR count). The molecule has 0 radical (unpaired) electrons. The molecule has 6 nitrogen and oxygen atoms in total. The van der Waals surface area contributed by atoms with Gasteiger partial charge in [0.1, 0.15) is 5.75 Å². The monoisotopic (exact) mass is 425 g/mol. The number of amides is 1. The highest BCUT2D eigenvalue weighted by Crippen LogP contribution is 2.36. The molecule has 0 saturated carbocycles. The van der Waals surface area contributed by atoms with Crippen molar-refractivity contribution in [1.82, 2.24) is 9.47 Å². The van der Waals surface area contributed by atoms with Crippen LogP contribution in [0.3, 0.4) is 0 Å². The highest BCUT2D eigenvalue weighted by Gasteiger charge is 2.37. The lowest BCUT2D eigenvalue weighted by Crippen LogP contribution is -2.49. The first-order valence-corrected chi connectivity index (χ1v) is 10.7. The lowest BCUT2D eigenvalue weighted by molar-refractivity contribution is 0.0594. The highest BCUT2D eigenvalue weighted by atomic mass is 16.5. The number of aromatic nitrogens is 1. The molecule has 6 heteroatoms. The van der Waals surface area contributed by atoms with Crippen molar-refractivity contribution >= 4 is 5.91 Å². The van der Waals surface area contributed by atoms with Crippen molar-refractivity contribution < 1.29 is 9.53 Å². The van der Waals surface area contributed by atoms with Crippen LogP contribution in [0, 0.1) is 17.2 Å². The van der Waals surface area contributed by atoms with Gasteiger partial charge in [-0.05, 0) is 66.4 Å². The molecule has 2 aromatic carbocycles. The number of carbonyl (C=O) groups is 1. The van der Waals surface area contributed by atoms with E-state index in [9.17, 15) is 14.9 Å². The molecular formula is C26H23N3O3. The molecule has 0 N–H and O–H groups in total. The van der Waals surface area contributed by atoms with Gasteiger partial charge in [0.2, 0.25) is 0 Å². The third kappa shape index (κ3) is 3.46. The topological polar surface area (TPSA) is 75.3 Å². The zero-order valence-corrected chi connectivity index (χ0v) is 17.8. The van der Waals surface area contributed by atoms with E-state index in [2.05, 4.69) is 6.07 Å². The second-order valence-electron chi connectivity index (χ2n) is 8.52. The van der Waals surface area contributed by atoms with Crippen LogP contribution in [-0.2, 0) is 6.54 Å². The second-order valence-corrected chi connectivity index (χ2v) is 8.52. The van der Waals surface area contributed by atoms with Crippen LogP contribution in [0.4, 0.5) is 0 Å². The summed E-state index contributed by atoms with van der Waals surface area (Å²) >= 11 is 0. The van der Waals surface area contributed by atoms with Crippen LogP contribution in [0.25, 0.3) is 11.1 Å². The Labute approximate surface area is 186 Å². The van der Waals surface area contributed by atoms with Gasteiger partial charge in [0.25, 0.3) is 11.5 Å². The van der Waals surface area contributed by atoms with Crippen molar-refractivity contribution in [2.75, 3.05) is 20.2 Å². The van der Waals surface area contributed by atoms with E-state index in [0.29, 0.717) is 36.3 Å². The van der Waals surface area contributed by atoms with E-state index in [1.54, 1.807) is 49.6 Å². The number of ether oxygens (including phenoxy) is 1. The van der Waals surface area contributed by atoms with Gasteiger partial charge in [0.15, 0.2) is 0 Å². The van der Waals surface area contributed by atoms with Gasteiger partial charge in [0.05, 0.1) is 18.7 Å². The molecule has 1 aromatic heterocycles. The second kappa shape index (κ2) is 8.01. The van der Waals surface area contributed by atoms with Gasteiger partial charge in [0, 0.05) is 42.4 Å². The SMILES string of the molecule is COc1ccc(C(=O)N2CC3CC(C2)c2ccc(-c4cccc(C#N)c4)c(=O)n2C3)cc1. The summed E-state index contributed by atoms with van der Waals surface area (Å²) in [6, 6.07) is 20.4. The molecule has 1 saturated heterocycles. The number of nitrogens with zero attached hydrogens (tertiary/aromatic N) is 3. The number of rotatable bonds is 3.